The Morgan fingerprint density at radius 2 is 2.17 bits per heavy atom. The molecule has 6 nitrogen and oxygen atoms in total. The molecule has 3 heterocycles. The van der Waals surface area contributed by atoms with Crippen molar-refractivity contribution in [2.24, 2.45) is 5.92 Å². The van der Waals surface area contributed by atoms with Gasteiger partial charge in [0.05, 0.1) is 0 Å². The van der Waals surface area contributed by atoms with E-state index >= 15 is 0 Å². The molecule has 2 aromatic heterocycles. The van der Waals surface area contributed by atoms with E-state index < -0.39 is 0 Å². The molecule has 1 aliphatic heterocycles. The lowest BCUT2D eigenvalue weighted by atomic mass is 9.99. The van der Waals surface area contributed by atoms with Gasteiger partial charge < -0.3 is 14.0 Å². The van der Waals surface area contributed by atoms with Crippen molar-refractivity contribution in [1.29, 1.82) is 0 Å². The van der Waals surface area contributed by atoms with Crippen molar-refractivity contribution in [2.45, 2.75) is 45.1 Å². The number of aromatic nitrogens is 3. The molecule has 23 heavy (non-hydrogen) atoms. The summed E-state index contributed by atoms with van der Waals surface area (Å²) in [5, 5.41) is 3.94. The van der Waals surface area contributed by atoms with Crippen molar-refractivity contribution < 1.29 is 9.32 Å². The first-order valence-corrected chi connectivity index (χ1v) is 8.38. The Balaban J connectivity index is 1.33. The second-order valence-electron chi connectivity index (χ2n) is 7.06. The maximum Gasteiger partial charge on any atom is 0.276 e. The molecule has 0 atom stereocenters. The highest BCUT2D eigenvalue weighted by atomic mass is 16.5. The van der Waals surface area contributed by atoms with Crippen molar-refractivity contribution in [3.63, 3.8) is 0 Å². The van der Waals surface area contributed by atoms with Gasteiger partial charge in [0.15, 0.2) is 5.69 Å². The molecule has 122 valence electrons. The Labute approximate surface area is 135 Å². The smallest absolute Gasteiger partial charge is 0.276 e. The molecule has 0 radical (unpaired) electrons. The SMILES string of the molecule is CC(C)c1nccn1CC1CN(C(=O)c2cc(C3CC3)on2)C1. The maximum absolute atomic E-state index is 12.4. The lowest BCUT2D eigenvalue weighted by Crippen LogP contribution is -2.51. The minimum absolute atomic E-state index is 0.00776. The van der Waals surface area contributed by atoms with Crippen LogP contribution in [0.5, 0.6) is 0 Å². The average Bonchev–Trinajstić information content (AvgIpc) is 3.03. The second kappa shape index (κ2) is 5.51. The highest BCUT2D eigenvalue weighted by Crippen LogP contribution is 2.40. The molecule has 0 spiro atoms. The minimum Gasteiger partial charge on any atom is -0.360 e. The van der Waals surface area contributed by atoms with Crippen LogP contribution < -0.4 is 0 Å². The Morgan fingerprint density at radius 3 is 2.87 bits per heavy atom. The maximum atomic E-state index is 12.4. The quantitative estimate of drug-likeness (QED) is 0.851. The molecule has 1 aliphatic carbocycles. The van der Waals surface area contributed by atoms with Gasteiger partial charge in [-0.1, -0.05) is 19.0 Å². The number of likely N-dealkylation sites (tertiary alicyclic amines) is 1. The molecular weight excluding hydrogens is 292 g/mol. The largest absolute Gasteiger partial charge is 0.360 e. The number of imidazole rings is 1. The molecule has 0 N–H and O–H groups in total. The molecule has 6 heteroatoms. The van der Waals surface area contributed by atoms with Gasteiger partial charge >= 0.3 is 0 Å². The van der Waals surface area contributed by atoms with Crippen molar-refractivity contribution in [3.05, 3.63) is 35.7 Å². The van der Waals surface area contributed by atoms with Crippen molar-refractivity contribution in [3.8, 4) is 0 Å². The summed E-state index contributed by atoms with van der Waals surface area (Å²) in [6.45, 7) is 6.78. The first kappa shape index (κ1) is 14.5. The van der Waals surface area contributed by atoms with Crippen LogP contribution in [0, 0.1) is 5.92 Å². The third kappa shape index (κ3) is 2.78. The summed E-state index contributed by atoms with van der Waals surface area (Å²) in [5.41, 5.74) is 0.454. The van der Waals surface area contributed by atoms with Crippen molar-refractivity contribution >= 4 is 5.91 Å². The van der Waals surface area contributed by atoms with Crippen LogP contribution in [0.2, 0.25) is 0 Å². The minimum atomic E-state index is -0.00776. The summed E-state index contributed by atoms with van der Waals surface area (Å²) in [7, 11) is 0. The zero-order valence-corrected chi connectivity index (χ0v) is 13.6. The number of hydrogen-bond acceptors (Lipinski definition) is 4. The fourth-order valence-electron chi connectivity index (χ4n) is 3.22. The van der Waals surface area contributed by atoms with E-state index in [2.05, 4.69) is 28.6 Å². The van der Waals surface area contributed by atoms with Crippen LogP contribution >= 0.6 is 0 Å². The Morgan fingerprint density at radius 1 is 1.39 bits per heavy atom. The van der Waals surface area contributed by atoms with E-state index in [4.69, 9.17) is 4.52 Å². The monoisotopic (exact) mass is 314 g/mol. The first-order valence-electron chi connectivity index (χ1n) is 8.38. The Bertz CT molecular complexity index is 708. The van der Waals surface area contributed by atoms with Crippen LogP contribution in [0.25, 0.3) is 0 Å². The van der Waals surface area contributed by atoms with Crippen LogP contribution in [-0.2, 0) is 6.54 Å². The zero-order valence-electron chi connectivity index (χ0n) is 13.6. The standard InChI is InChI=1S/C17H22N4O2/c1-11(2)16-18-5-6-20(16)8-12-9-21(10-12)17(22)14-7-15(23-19-14)13-3-4-13/h5-7,11-13H,3-4,8-10H2,1-2H3. The molecule has 1 saturated carbocycles. The van der Waals surface area contributed by atoms with Crippen molar-refractivity contribution in [2.75, 3.05) is 13.1 Å². The van der Waals surface area contributed by atoms with Gasteiger partial charge in [0, 0.05) is 55.8 Å². The van der Waals surface area contributed by atoms with Gasteiger partial charge in [0.2, 0.25) is 0 Å². The summed E-state index contributed by atoms with van der Waals surface area (Å²) in [6, 6.07) is 1.82. The predicted molar refractivity (Wildman–Crippen MR) is 84.2 cm³/mol. The van der Waals surface area contributed by atoms with Crippen LogP contribution in [0.1, 0.15) is 60.6 Å². The van der Waals surface area contributed by atoms with E-state index in [0.717, 1.165) is 44.1 Å². The molecular formula is C17H22N4O2. The zero-order chi connectivity index (χ0) is 16.0. The van der Waals surface area contributed by atoms with E-state index in [1.165, 1.54) is 0 Å². The molecule has 2 aliphatic rings. The molecule has 2 aromatic rings. The number of amides is 1. The van der Waals surface area contributed by atoms with Gasteiger partial charge in [-0.3, -0.25) is 4.79 Å². The lowest BCUT2D eigenvalue weighted by molar-refractivity contribution is 0.0456. The molecule has 1 saturated heterocycles. The summed E-state index contributed by atoms with van der Waals surface area (Å²) in [6.07, 6.45) is 6.18. The summed E-state index contributed by atoms with van der Waals surface area (Å²) >= 11 is 0. The van der Waals surface area contributed by atoms with Crippen molar-refractivity contribution in [1.82, 2.24) is 19.6 Å². The normalized spacial score (nSPS) is 18.5. The van der Waals surface area contributed by atoms with Crippen LogP contribution in [0.4, 0.5) is 0 Å². The molecule has 1 amide bonds. The fraction of sp³-hybridized carbons (Fsp3) is 0.588. The highest BCUT2D eigenvalue weighted by molar-refractivity contribution is 5.92. The predicted octanol–water partition coefficient (Wildman–Crippen LogP) is 2.64. The molecule has 0 unspecified atom stereocenters. The van der Waals surface area contributed by atoms with Crippen LogP contribution in [0.3, 0.4) is 0 Å². The van der Waals surface area contributed by atoms with Gasteiger partial charge in [0.25, 0.3) is 5.91 Å². The Hall–Kier alpha value is -2.11. The number of rotatable bonds is 5. The molecule has 0 bridgehead atoms. The van der Waals surface area contributed by atoms with Gasteiger partial charge in [-0.05, 0) is 12.8 Å². The van der Waals surface area contributed by atoms with E-state index in [1.54, 1.807) is 0 Å². The molecule has 2 fully saturated rings. The van der Waals surface area contributed by atoms with E-state index in [0.29, 0.717) is 23.4 Å². The average molecular weight is 314 g/mol. The summed E-state index contributed by atoms with van der Waals surface area (Å²) in [4.78, 5) is 18.7. The number of nitrogens with zero attached hydrogens (tertiary/aromatic N) is 4. The van der Waals surface area contributed by atoms with Gasteiger partial charge in [0.1, 0.15) is 11.6 Å². The number of hydrogen-bond donors (Lipinski definition) is 0. The molecule has 4 rings (SSSR count). The van der Waals surface area contributed by atoms with E-state index in [9.17, 15) is 4.79 Å². The van der Waals surface area contributed by atoms with Gasteiger partial charge in [-0.25, -0.2) is 4.98 Å². The number of carbonyl (C=O) groups excluding carboxylic acids is 1. The van der Waals surface area contributed by atoms with E-state index in [-0.39, 0.29) is 5.91 Å². The second-order valence-corrected chi connectivity index (χ2v) is 7.06. The summed E-state index contributed by atoms with van der Waals surface area (Å²) < 4.78 is 7.48. The first-order chi connectivity index (χ1) is 11.1. The summed E-state index contributed by atoms with van der Waals surface area (Å²) in [5.74, 6) is 3.36. The Kier molecular flexibility index (Phi) is 3.47. The van der Waals surface area contributed by atoms with Gasteiger partial charge in [-0.2, -0.15) is 0 Å². The van der Waals surface area contributed by atoms with E-state index in [1.807, 2.05) is 23.4 Å². The third-order valence-electron chi connectivity index (χ3n) is 4.69. The topological polar surface area (TPSA) is 64.2 Å². The highest BCUT2D eigenvalue weighted by Gasteiger charge is 2.35. The fourth-order valence-corrected chi connectivity index (χ4v) is 3.22. The van der Waals surface area contributed by atoms with Crippen LogP contribution in [0.15, 0.2) is 23.0 Å². The number of carbonyl (C=O) groups is 1. The third-order valence-corrected chi connectivity index (χ3v) is 4.69. The van der Waals surface area contributed by atoms with Crippen LogP contribution in [-0.4, -0.2) is 38.6 Å². The van der Waals surface area contributed by atoms with Gasteiger partial charge in [-0.15, -0.1) is 0 Å². The lowest BCUT2D eigenvalue weighted by Gasteiger charge is -2.39. The molecule has 0 aromatic carbocycles.